The Kier molecular flexibility index (Phi) is 12.3. The molecule has 0 aliphatic heterocycles. The molecule has 41 heavy (non-hydrogen) atoms. The summed E-state index contributed by atoms with van der Waals surface area (Å²) in [6.45, 7) is 6.20. The zero-order chi connectivity index (χ0) is 29.7. The van der Waals surface area contributed by atoms with Gasteiger partial charge in [-0.15, -0.1) is 13.2 Å². The number of carbonyl (C=O) groups is 1. The number of esters is 1. The first-order valence-electron chi connectivity index (χ1n) is 14.0. The third-order valence-electron chi connectivity index (χ3n) is 6.50. The van der Waals surface area contributed by atoms with Crippen LogP contribution in [-0.4, -0.2) is 25.5 Å². The van der Waals surface area contributed by atoms with E-state index >= 15 is 0 Å². The van der Waals surface area contributed by atoms with Crippen LogP contribution in [0.2, 0.25) is 0 Å². The van der Waals surface area contributed by atoms with Gasteiger partial charge in [-0.05, 0) is 44.0 Å². The van der Waals surface area contributed by atoms with Crippen LogP contribution in [0, 0.1) is 0 Å². The van der Waals surface area contributed by atoms with Crippen molar-refractivity contribution in [3.8, 4) is 22.6 Å². The molecule has 6 nitrogen and oxygen atoms in total. The molecule has 0 bridgehead atoms. The second kappa shape index (κ2) is 15.9. The highest BCUT2D eigenvalue weighted by Gasteiger charge is 2.32. The number of hydrogen-bond acceptors (Lipinski definition) is 6. The average Bonchev–Trinajstić information content (AvgIpc) is 2.92. The summed E-state index contributed by atoms with van der Waals surface area (Å²) in [6.07, 6.45) is 6.06. The zero-order valence-electron chi connectivity index (χ0n) is 23.4. The number of fused-ring (bicyclic) bond motifs is 1. The lowest BCUT2D eigenvalue weighted by Crippen LogP contribution is -2.18. The number of hydrogen-bond donors (Lipinski definition) is 0. The Hall–Kier alpha value is -3.75. The smallest absolute Gasteiger partial charge is 0.493 e. The number of ether oxygens (including phenoxy) is 3. The van der Waals surface area contributed by atoms with Crippen molar-refractivity contribution in [2.24, 2.45) is 0 Å². The van der Waals surface area contributed by atoms with Gasteiger partial charge < -0.3 is 18.6 Å². The number of carbonyl (C=O) groups excluding carboxylic acids is 1. The van der Waals surface area contributed by atoms with Crippen molar-refractivity contribution in [3.63, 3.8) is 0 Å². The van der Waals surface area contributed by atoms with Crippen molar-refractivity contribution in [2.45, 2.75) is 77.5 Å². The van der Waals surface area contributed by atoms with Crippen molar-refractivity contribution in [1.82, 2.24) is 0 Å². The Labute approximate surface area is 238 Å². The summed E-state index contributed by atoms with van der Waals surface area (Å²) in [5.41, 5.74) is -0.0644. The molecule has 0 N–H and O–H groups in total. The Morgan fingerprint density at radius 3 is 2.07 bits per heavy atom. The fourth-order valence-electron chi connectivity index (χ4n) is 4.37. The van der Waals surface area contributed by atoms with E-state index in [0.29, 0.717) is 35.5 Å². The summed E-state index contributed by atoms with van der Waals surface area (Å²) in [6, 6.07) is 12.0. The third kappa shape index (κ3) is 11.0. The fraction of sp³-hybridized carbons (Fsp3) is 0.438. The average molecular weight is 575 g/mol. The van der Waals surface area contributed by atoms with Crippen molar-refractivity contribution in [3.05, 3.63) is 71.1 Å². The van der Waals surface area contributed by atoms with E-state index in [1.807, 2.05) is 0 Å². The highest BCUT2D eigenvalue weighted by Crippen LogP contribution is 2.33. The van der Waals surface area contributed by atoms with Crippen molar-refractivity contribution in [1.29, 1.82) is 0 Å². The SMILES string of the molecule is C=C(C)C(=O)OCCCCCCCCCCCCOc1ccc2cc(-c3ccccc3OC(F)(F)F)c(=O)oc2c1. The first-order chi connectivity index (χ1) is 19.6. The van der Waals surface area contributed by atoms with Crippen LogP contribution >= 0.6 is 0 Å². The van der Waals surface area contributed by atoms with E-state index in [-0.39, 0.29) is 17.1 Å². The predicted molar refractivity (Wildman–Crippen MR) is 152 cm³/mol. The van der Waals surface area contributed by atoms with E-state index in [4.69, 9.17) is 13.9 Å². The second-order valence-corrected chi connectivity index (χ2v) is 9.99. The molecule has 222 valence electrons. The van der Waals surface area contributed by atoms with Gasteiger partial charge in [-0.3, -0.25) is 0 Å². The van der Waals surface area contributed by atoms with Gasteiger partial charge in [0.15, 0.2) is 0 Å². The molecule has 0 fully saturated rings. The first-order valence-corrected chi connectivity index (χ1v) is 14.0. The molecule has 0 saturated carbocycles. The lowest BCUT2D eigenvalue weighted by atomic mass is 10.0. The first kappa shape index (κ1) is 31.8. The van der Waals surface area contributed by atoms with Gasteiger partial charge in [0.1, 0.15) is 17.1 Å². The minimum Gasteiger partial charge on any atom is -0.493 e. The summed E-state index contributed by atoms with van der Waals surface area (Å²) in [5.74, 6) is -0.229. The van der Waals surface area contributed by atoms with Crippen LogP contribution in [0.1, 0.15) is 71.1 Å². The Bertz CT molecular complexity index is 1350. The summed E-state index contributed by atoms with van der Waals surface area (Å²) in [5, 5.41) is 0.556. The maximum atomic E-state index is 12.8. The maximum absolute atomic E-state index is 12.8. The molecule has 0 aliphatic carbocycles. The molecule has 0 radical (unpaired) electrons. The summed E-state index contributed by atoms with van der Waals surface area (Å²) >= 11 is 0. The monoisotopic (exact) mass is 574 g/mol. The number of halogens is 3. The summed E-state index contributed by atoms with van der Waals surface area (Å²) < 4.78 is 58.8. The van der Waals surface area contributed by atoms with Gasteiger partial charge in [0.2, 0.25) is 0 Å². The van der Waals surface area contributed by atoms with E-state index in [1.54, 1.807) is 25.1 Å². The molecule has 3 aromatic rings. The molecular formula is C32H37F3O6. The Morgan fingerprint density at radius 2 is 1.44 bits per heavy atom. The molecule has 0 aliphatic rings. The molecule has 1 aromatic heterocycles. The van der Waals surface area contributed by atoms with Gasteiger partial charge in [-0.25, -0.2) is 9.59 Å². The van der Waals surface area contributed by atoms with Gasteiger partial charge >= 0.3 is 18.0 Å². The Morgan fingerprint density at radius 1 is 0.829 bits per heavy atom. The second-order valence-electron chi connectivity index (χ2n) is 9.99. The fourth-order valence-corrected chi connectivity index (χ4v) is 4.37. The number of alkyl halides is 3. The summed E-state index contributed by atoms with van der Waals surface area (Å²) in [4.78, 5) is 23.9. The summed E-state index contributed by atoms with van der Waals surface area (Å²) in [7, 11) is 0. The number of rotatable bonds is 17. The van der Waals surface area contributed by atoms with Gasteiger partial charge in [0.25, 0.3) is 0 Å². The predicted octanol–water partition coefficient (Wildman–Crippen LogP) is 8.76. The molecule has 1 heterocycles. The van der Waals surface area contributed by atoms with E-state index in [2.05, 4.69) is 11.3 Å². The lowest BCUT2D eigenvalue weighted by molar-refractivity contribution is -0.274. The zero-order valence-corrected chi connectivity index (χ0v) is 23.4. The highest BCUT2D eigenvalue weighted by atomic mass is 19.4. The van der Waals surface area contributed by atoms with Crippen molar-refractivity contribution in [2.75, 3.05) is 13.2 Å². The molecule has 0 unspecified atom stereocenters. The molecule has 2 aromatic carbocycles. The van der Waals surface area contributed by atoms with Gasteiger partial charge in [0.05, 0.1) is 18.8 Å². The van der Waals surface area contributed by atoms with Crippen LogP contribution < -0.4 is 15.1 Å². The topological polar surface area (TPSA) is 75.0 Å². The van der Waals surface area contributed by atoms with Crippen LogP contribution in [0.15, 0.2) is 69.9 Å². The van der Waals surface area contributed by atoms with Crippen LogP contribution in [0.25, 0.3) is 22.1 Å². The number of unbranched alkanes of at least 4 members (excludes halogenated alkanes) is 9. The lowest BCUT2D eigenvalue weighted by Gasteiger charge is -2.13. The molecule has 0 amide bonds. The largest absolute Gasteiger partial charge is 0.573 e. The standard InChI is InChI=1S/C32H37F3O6/c1-23(2)30(36)39-20-14-10-8-6-4-3-5-7-9-13-19-38-25-18-17-24-21-27(31(37)40-29(24)22-25)26-15-11-12-16-28(26)41-32(33,34)35/h11-12,15-18,21-22H,1,3-10,13-14,19-20H2,2H3. The van der Waals surface area contributed by atoms with E-state index in [9.17, 15) is 22.8 Å². The minimum atomic E-state index is -4.88. The van der Waals surface area contributed by atoms with Crippen LogP contribution in [0.3, 0.4) is 0 Å². The third-order valence-corrected chi connectivity index (χ3v) is 6.50. The molecular weight excluding hydrogens is 537 g/mol. The minimum absolute atomic E-state index is 0.000363. The van der Waals surface area contributed by atoms with Gasteiger partial charge in [-0.2, -0.15) is 0 Å². The quantitative estimate of drug-likeness (QED) is 0.0694. The molecule has 3 rings (SSSR count). The van der Waals surface area contributed by atoms with Crippen molar-refractivity contribution < 1.29 is 36.6 Å². The highest BCUT2D eigenvalue weighted by molar-refractivity contribution is 5.87. The van der Waals surface area contributed by atoms with Gasteiger partial charge in [0, 0.05) is 22.6 Å². The van der Waals surface area contributed by atoms with Crippen LogP contribution in [0.4, 0.5) is 13.2 Å². The van der Waals surface area contributed by atoms with E-state index in [0.717, 1.165) is 44.6 Å². The molecule has 0 saturated heterocycles. The number of benzene rings is 2. The van der Waals surface area contributed by atoms with E-state index in [1.165, 1.54) is 49.9 Å². The van der Waals surface area contributed by atoms with Gasteiger partial charge in [-0.1, -0.05) is 76.1 Å². The molecule has 0 atom stereocenters. The van der Waals surface area contributed by atoms with Crippen LogP contribution in [0.5, 0.6) is 11.5 Å². The van der Waals surface area contributed by atoms with E-state index < -0.39 is 17.7 Å². The molecule has 0 spiro atoms. The van der Waals surface area contributed by atoms with Crippen molar-refractivity contribution >= 4 is 16.9 Å². The Balaban J connectivity index is 1.35. The molecule has 9 heteroatoms. The maximum Gasteiger partial charge on any atom is 0.573 e. The normalized spacial score (nSPS) is 11.4. The van der Waals surface area contributed by atoms with Crippen LogP contribution in [-0.2, 0) is 9.53 Å². The number of para-hydroxylation sites is 1.